The molecule has 2 amide bonds. The van der Waals surface area contributed by atoms with Gasteiger partial charge in [-0.1, -0.05) is 36.4 Å². The van der Waals surface area contributed by atoms with Crippen molar-refractivity contribution in [1.29, 1.82) is 0 Å². The molecular weight excluding hydrogens is 408 g/mol. The largest absolute Gasteiger partial charge is 0.456 e. The number of amides is 2. The fraction of sp³-hybridized carbons (Fsp3) is 0.286. The monoisotopic (exact) mass is 428 g/mol. The fourth-order valence-corrected chi connectivity index (χ4v) is 5.35. The Morgan fingerprint density at radius 2 is 2.00 bits per heavy atom. The first kappa shape index (κ1) is 19.7. The second-order valence-electron chi connectivity index (χ2n) is 6.90. The number of ether oxygens (including phenoxy) is 1. The summed E-state index contributed by atoms with van der Waals surface area (Å²) in [5.41, 5.74) is 1.99. The van der Waals surface area contributed by atoms with E-state index in [2.05, 4.69) is 5.32 Å². The van der Waals surface area contributed by atoms with Gasteiger partial charge >= 0.3 is 5.97 Å². The Kier molecular flexibility index (Phi) is 5.73. The molecule has 0 radical (unpaired) electrons. The average Bonchev–Trinajstić information content (AvgIpc) is 3.23. The molecule has 2 aromatic rings. The van der Waals surface area contributed by atoms with Crippen molar-refractivity contribution in [3.63, 3.8) is 0 Å². The number of carbonyl (C=O) groups is 3. The van der Waals surface area contributed by atoms with Gasteiger partial charge in [0.05, 0.1) is 6.42 Å². The summed E-state index contributed by atoms with van der Waals surface area (Å²) in [5.74, 6) is -0.353. The van der Waals surface area contributed by atoms with Crippen molar-refractivity contribution in [2.45, 2.75) is 31.4 Å². The lowest BCUT2D eigenvalue weighted by molar-refractivity contribution is -0.153. The molecule has 1 N–H and O–H groups in total. The van der Waals surface area contributed by atoms with Crippen LogP contribution < -0.4 is 5.32 Å². The minimum absolute atomic E-state index is 0.150. The number of esters is 1. The zero-order chi connectivity index (χ0) is 20.4. The molecule has 1 fully saturated rings. The molecule has 0 aliphatic carbocycles. The molecular formula is C21H20N2O4S2. The van der Waals surface area contributed by atoms with Gasteiger partial charge in [0.1, 0.15) is 23.7 Å². The summed E-state index contributed by atoms with van der Waals surface area (Å²) in [4.78, 5) is 40.1. The smallest absolute Gasteiger partial charge is 0.355 e. The second-order valence-corrected chi connectivity index (χ2v) is 9.04. The summed E-state index contributed by atoms with van der Waals surface area (Å²) in [5, 5.41) is 4.45. The van der Waals surface area contributed by atoms with Gasteiger partial charge < -0.3 is 10.1 Å². The van der Waals surface area contributed by atoms with Crippen LogP contribution in [0.25, 0.3) is 0 Å². The van der Waals surface area contributed by atoms with Crippen LogP contribution >= 0.6 is 23.1 Å². The third-order valence-electron chi connectivity index (χ3n) is 4.80. The van der Waals surface area contributed by atoms with Gasteiger partial charge in [-0.05, 0) is 29.5 Å². The number of thioether (sulfide) groups is 1. The van der Waals surface area contributed by atoms with Gasteiger partial charge in [0.2, 0.25) is 5.91 Å². The zero-order valence-corrected chi connectivity index (χ0v) is 17.4. The van der Waals surface area contributed by atoms with Crippen molar-refractivity contribution >= 4 is 40.9 Å². The fourth-order valence-electron chi connectivity index (χ4n) is 3.35. The molecule has 0 spiro atoms. The summed E-state index contributed by atoms with van der Waals surface area (Å²) < 4.78 is 5.44. The number of rotatable bonds is 6. The minimum atomic E-state index is -0.613. The van der Waals surface area contributed by atoms with E-state index in [1.165, 1.54) is 16.2 Å². The molecule has 2 aliphatic rings. The lowest BCUT2D eigenvalue weighted by Crippen LogP contribution is -2.70. The molecule has 29 heavy (non-hydrogen) atoms. The molecule has 0 bridgehead atoms. The lowest BCUT2D eigenvalue weighted by Gasteiger charge is -2.49. The Hall–Kier alpha value is -2.58. The third kappa shape index (κ3) is 4.09. The maximum atomic E-state index is 12.7. The molecule has 8 heteroatoms. The van der Waals surface area contributed by atoms with E-state index >= 15 is 0 Å². The van der Waals surface area contributed by atoms with Crippen LogP contribution in [0.2, 0.25) is 0 Å². The number of nitrogens with zero attached hydrogens (tertiary/aromatic N) is 1. The number of fused-ring (bicyclic) bond motifs is 1. The molecule has 2 aliphatic heterocycles. The molecule has 4 rings (SSSR count). The van der Waals surface area contributed by atoms with E-state index in [0.29, 0.717) is 11.4 Å². The van der Waals surface area contributed by atoms with Gasteiger partial charge in [-0.2, -0.15) is 0 Å². The van der Waals surface area contributed by atoms with E-state index in [1.54, 1.807) is 11.8 Å². The average molecular weight is 429 g/mol. The highest BCUT2D eigenvalue weighted by atomic mass is 32.2. The van der Waals surface area contributed by atoms with Crippen molar-refractivity contribution < 1.29 is 19.1 Å². The minimum Gasteiger partial charge on any atom is -0.456 e. The number of β-lactam (4-membered cyclic amide) rings is 1. The van der Waals surface area contributed by atoms with Crippen LogP contribution in [0.15, 0.2) is 59.1 Å². The Morgan fingerprint density at radius 3 is 2.72 bits per heavy atom. The maximum absolute atomic E-state index is 12.7. The van der Waals surface area contributed by atoms with Crippen LogP contribution in [-0.4, -0.2) is 39.9 Å². The van der Waals surface area contributed by atoms with E-state index < -0.39 is 12.0 Å². The molecule has 1 aromatic carbocycles. The molecule has 6 nitrogen and oxygen atoms in total. The van der Waals surface area contributed by atoms with Crippen molar-refractivity contribution in [2.24, 2.45) is 0 Å². The summed E-state index contributed by atoms with van der Waals surface area (Å²) in [6, 6.07) is 12.6. The van der Waals surface area contributed by atoms with E-state index in [1.807, 2.05) is 54.8 Å². The van der Waals surface area contributed by atoms with Gasteiger partial charge in [0.25, 0.3) is 5.91 Å². The van der Waals surface area contributed by atoms with Crippen LogP contribution in [0.5, 0.6) is 0 Å². The van der Waals surface area contributed by atoms with Crippen LogP contribution in [0.4, 0.5) is 0 Å². The predicted octanol–water partition coefficient (Wildman–Crippen LogP) is 2.71. The quantitative estimate of drug-likeness (QED) is 0.566. The molecule has 0 saturated carbocycles. The first-order valence-corrected chi connectivity index (χ1v) is 11.1. The highest BCUT2D eigenvalue weighted by molar-refractivity contribution is 8.00. The Morgan fingerprint density at radius 1 is 1.21 bits per heavy atom. The number of hydrogen-bond acceptors (Lipinski definition) is 6. The number of nitrogens with one attached hydrogen (secondary N) is 1. The Labute approximate surface area is 176 Å². The van der Waals surface area contributed by atoms with Crippen molar-refractivity contribution in [1.82, 2.24) is 10.2 Å². The zero-order valence-electron chi connectivity index (χ0n) is 15.8. The molecule has 1 saturated heterocycles. The molecule has 1 aromatic heterocycles. The Bertz CT molecular complexity index is 956. The summed E-state index contributed by atoms with van der Waals surface area (Å²) >= 11 is 3.05. The maximum Gasteiger partial charge on any atom is 0.355 e. The van der Waals surface area contributed by atoms with Crippen molar-refractivity contribution in [3.8, 4) is 0 Å². The van der Waals surface area contributed by atoms with Gasteiger partial charge in [-0.25, -0.2) is 4.79 Å². The van der Waals surface area contributed by atoms with Gasteiger partial charge in [0.15, 0.2) is 0 Å². The lowest BCUT2D eigenvalue weighted by atomic mass is 10.0. The summed E-state index contributed by atoms with van der Waals surface area (Å²) in [6.45, 7) is 1.98. The van der Waals surface area contributed by atoms with Crippen LogP contribution in [0.1, 0.15) is 17.4 Å². The van der Waals surface area contributed by atoms with Crippen molar-refractivity contribution in [2.75, 3.05) is 5.75 Å². The number of carbonyl (C=O) groups excluding carboxylic acids is 3. The first-order chi connectivity index (χ1) is 14.0. The molecule has 150 valence electrons. The van der Waals surface area contributed by atoms with E-state index in [4.69, 9.17) is 4.74 Å². The van der Waals surface area contributed by atoms with Crippen LogP contribution in [-0.2, 0) is 32.1 Å². The number of hydrogen-bond donors (Lipinski definition) is 1. The SMILES string of the molecule is CC1=C(C(=O)OCc2ccccc2)N2C(=O)C(NC(=O)Cc3cccs3)[C@H]2SC1. The normalized spacial score (nSPS) is 20.7. The molecule has 1 unspecified atom stereocenters. The topological polar surface area (TPSA) is 75.7 Å². The first-order valence-electron chi connectivity index (χ1n) is 9.22. The summed E-state index contributed by atoms with van der Waals surface area (Å²) in [6.07, 6.45) is 0.250. The van der Waals surface area contributed by atoms with Gasteiger partial charge in [0, 0.05) is 10.6 Å². The Balaban J connectivity index is 1.40. The molecule has 3 heterocycles. The predicted molar refractivity (Wildman–Crippen MR) is 112 cm³/mol. The van der Waals surface area contributed by atoms with Gasteiger partial charge in [-0.15, -0.1) is 23.1 Å². The van der Waals surface area contributed by atoms with E-state index in [-0.39, 0.29) is 30.2 Å². The van der Waals surface area contributed by atoms with Crippen LogP contribution in [0, 0.1) is 0 Å². The molecule has 2 atom stereocenters. The number of benzene rings is 1. The second kappa shape index (κ2) is 8.42. The van der Waals surface area contributed by atoms with Gasteiger partial charge in [-0.3, -0.25) is 14.5 Å². The highest BCUT2D eigenvalue weighted by Crippen LogP contribution is 2.40. The number of thiophene rings is 1. The van der Waals surface area contributed by atoms with E-state index in [0.717, 1.165) is 16.0 Å². The standard InChI is InChI=1S/C21H20N2O4S2/c1-13-12-29-20-17(22-16(24)10-15-8-5-9-28-15)19(25)23(20)18(13)21(26)27-11-14-6-3-2-4-7-14/h2-9,17,20H,10-12H2,1H3,(H,22,24)/t17?,20-/m1/s1. The van der Waals surface area contributed by atoms with Crippen molar-refractivity contribution in [3.05, 3.63) is 69.6 Å². The summed E-state index contributed by atoms with van der Waals surface area (Å²) in [7, 11) is 0. The van der Waals surface area contributed by atoms with Crippen LogP contribution in [0.3, 0.4) is 0 Å². The third-order valence-corrected chi connectivity index (χ3v) is 7.10. The highest BCUT2D eigenvalue weighted by Gasteiger charge is 2.53. The van der Waals surface area contributed by atoms with E-state index in [9.17, 15) is 14.4 Å².